The number of methoxy groups -OCH3 is 1. The number of hydrogen-bond acceptors (Lipinski definition) is 7. The molecule has 3 N–H and O–H groups in total. The van der Waals surface area contributed by atoms with Crippen LogP contribution in [-0.2, 0) is 22.3 Å². The minimum Gasteiger partial charge on any atom is -0.493 e. The number of carbonyl (C=O) groups excluding carboxylic acids is 2. The first-order chi connectivity index (χ1) is 22.0. The summed E-state index contributed by atoms with van der Waals surface area (Å²) in [4.78, 5) is 29.1. The number of piperidine rings is 1. The van der Waals surface area contributed by atoms with Crippen molar-refractivity contribution < 1.29 is 41.4 Å². The van der Waals surface area contributed by atoms with E-state index in [0.717, 1.165) is 44.1 Å². The number of fused-ring (bicyclic) bond motifs is 1. The van der Waals surface area contributed by atoms with Gasteiger partial charge in [0.15, 0.2) is 11.6 Å². The van der Waals surface area contributed by atoms with E-state index in [9.17, 15) is 22.8 Å². The Morgan fingerprint density at radius 2 is 1.78 bits per heavy atom. The van der Waals surface area contributed by atoms with Crippen LogP contribution in [0.1, 0.15) is 24.0 Å². The highest BCUT2D eigenvalue weighted by Crippen LogP contribution is 2.36. The van der Waals surface area contributed by atoms with E-state index in [1.165, 1.54) is 31.4 Å². The van der Waals surface area contributed by atoms with Gasteiger partial charge in [-0.2, -0.15) is 13.2 Å². The van der Waals surface area contributed by atoms with Crippen molar-refractivity contribution in [1.82, 2.24) is 15.6 Å². The number of ether oxygens (including phenoxy) is 3. The standard InChI is InChI=1S/C32H29ClF4N4O5/c1-44-29-15-28(22-5-4-21(14-26(22)41-29)45-17-18-8-10-38-11-9-18)46-27-7-3-20(13-25(27)34)40-31(43)30(42)39-16-19-2-6-24(33)23(12-19)32(35,36)37/h2-7,12-15,18,38H,8-11,16-17H2,1H3,(H,39,42)(H,40,43). The van der Waals surface area contributed by atoms with E-state index in [-0.39, 0.29) is 35.2 Å². The predicted octanol–water partition coefficient (Wildman–Crippen LogP) is 6.48. The molecule has 14 heteroatoms. The quantitative estimate of drug-likeness (QED) is 0.139. The fraction of sp³-hybridized carbons (Fsp3) is 0.281. The van der Waals surface area contributed by atoms with Gasteiger partial charge in [-0.15, -0.1) is 0 Å². The number of benzene rings is 3. The van der Waals surface area contributed by atoms with Gasteiger partial charge in [0.05, 0.1) is 29.8 Å². The first-order valence-corrected chi connectivity index (χ1v) is 14.6. The molecule has 0 atom stereocenters. The lowest BCUT2D eigenvalue weighted by Crippen LogP contribution is -2.35. The van der Waals surface area contributed by atoms with Gasteiger partial charge in [0.2, 0.25) is 5.88 Å². The number of nitrogens with zero attached hydrogens (tertiary/aromatic N) is 1. The van der Waals surface area contributed by atoms with Crippen LogP contribution < -0.4 is 30.2 Å². The second-order valence-corrected chi connectivity index (χ2v) is 10.9. The number of hydrogen-bond donors (Lipinski definition) is 3. The molecule has 2 amide bonds. The van der Waals surface area contributed by atoms with Crippen molar-refractivity contribution in [3.05, 3.63) is 82.6 Å². The molecule has 5 rings (SSSR count). The van der Waals surface area contributed by atoms with Gasteiger partial charge in [-0.05, 0) is 73.8 Å². The van der Waals surface area contributed by atoms with Gasteiger partial charge in [-0.25, -0.2) is 9.37 Å². The fourth-order valence-electron chi connectivity index (χ4n) is 4.82. The first-order valence-electron chi connectivity index (χ1n) is 14.2. The average Bonchev–Trinajstić information content (AvgIpc) is 3.04. The number of amides is 2. The van der Waals surface area contributed by atoms with Crippen LogP contribution >= 0.6 is 11.6 Å². The molecule has 46 heavy (non-hydrogen) atoms. The van der Waals surface area contributed by atoms with Crippen LogP contribution in [0.15, 0.2) is 60.7 Å². The van der Waals surface area contributed by atoms with Gasteiger partial charge in [-0.3, -0.25) is 9.59 Å². The molecular weight excluding hydrogens is 632 g/mol. The van der Waals surface area contributed by atoms with Crippen molar-refractivity contribution in [2.24, 2.45) is 5.92 Å². The summed E-state index contributed by atoms with van der Waals surface area (Å²) in [5.41, 5.74) is -0.529. The highest BCUT2D eigenvalue weighted by atomic mass is 35.5. The molecule has 0 unspecified atom stereocenters. The van der Waals surface area contributed by atoms with Crippen LogP contribution in [0, 0.1) is 11.7 Å². The number of halogens is 5. The van der Waals surface area contributed by atoms with Crippen molar-refractivity contribution >= 4 is 40.0 Å². The summed E-state index contributed by atoms with van der Waals surface area (Å²) in [6, 6.07) is 13.5. The van der Waals surface area contributed by atoms with Gasteiger partial charge in [0.25, 0.3) is 0 Å². The lowest BCUT2D eigenvalue weighted by atomic mass is 9.99. The summed E-state index contributed by atoms with van der Waals surface area (Å²) in [7, 11) is 1.44. The SMILES string of the molecule is COc1cc(Oc2ccc(NC(=O)C(=O)NCc3ccc(Cl)c(C(F)(F)F)c3)cc2F)c2ccc(OCC3CCNCC3)cc2n1. The van der Waals surface area contributed by atoms with E-state index < -0.39 is 34.4 Å². The first kappa shape index (κ1) is 32.8. The van der Waals surface area contributed by atoms with Gasteiger partial charge >= 0.3 is 18.0 Å². The zero-order valence-corrected chi connectivity index (χ0v) is 25.2. The monoisotopic (exact) mass is 660 g/mol. The van der Waals surface area contributed by atoms with Gasteiger partial charge in [-0.1, -0.05) is 17.7 Å². The maximum Gasteiger partial charge on any atom is 0.417 e. The third-order valence-corrected chi connectivity index (χ3v) is 7.61. The number of aromatic nitrogens is 1. The van der Waals surface area contributed by atoms with Crippen LogP contribution in [0.5, 0.6) is 23.1 Å². The van der Waals surface area contributed by atoms with E-state index in [1.54, 1.807) is 18.2 Å². The van der Waals surface area contributed by atoms with Crippen LogP contribution in [0.3, 0.4) is 0 Å². The number of rotatable bonds is 9. The molecule has 0 aliphatic carbocycles. The van der Waals surface area contributed by atoms with Crippen molar-refractivity contribution in [3.8, 4) is 23.1 Å². The van der Waals surface area contributed by atoms with Gasteiger partial charge in [0, 0.05) is 35.8 Å². The average molecular weight is 661 g/mol. The molecule has 9 nitrogen and oxygen atoms in total. The van der Waals surface area contributed by atoms with Crippen molar-refractivity contribution in [1.29, 1.82) is 0 Å². The molecule has 1 aliphatic heterocycles. The number of alkyl halides is 3. The van der Waals surface area contributed by atoms with Gasteiger partial charge < -0.3 is 30.2 Å². The van der Waals surface area contributed by atoms with Crippen LogP contribution in [0.4, 0.5) is 23.2 Å². The van der Waals surface area contributed by atoms with Crippen molar-refractivity contribution in [2.75, 3.05) is 32.1 Å². The van der Waals surface area contributed by atoms with Crippen LogP contribution in [-0.4, -0.2) is 43.6 Å². The lowest BCUT2D eigenvalue weighted by Gasteiger charge is -2.22. The largest absolute Gasteiger partial charge is 0.493 e. The highest BCUT2D eigenvalue weighted by Gasteiger charge is 2.33. The summed E-state index contributed by atoms with van der Waals surface area (Å²) in [5.74, 6) is -1.72. The van der Waals surface area contributed by atoms with E-state index in [2.05, 4.69) is 20.9 Å². The Labute approximate surface area is 266 Å². The summed E-state index contributed by atoms with van der Waals surface area (Å²) >= 11 is 5.61. The minimum absolute atomic E-state index is 0.0523. The zero-order chi connectivity index (χ0) is 32.8. The number of carbonyl (C=O) groups is 2. The number of pyridine rings is 1. The molecule has 4 aromatic rings. The summed E-state index contributed by atoms with van der Waals surface area (Å²) in [5, 5.41) is 7.88. The second kappa shape index (κ2) is 14.2. The Morgan fingerprint density at radius 3 is 2.50 bits per heavy atom. The lowest BCUT2D eigenvalue weighted by molar-refractivity contribution is -0.137. The van der Waals surface area contributed by atoms with Gasteiger partial charge in [0.1, 0.15) is 11.5 Å². The molecule has 3 aromatic carbocycles. The van der Waals surface area contributed by atoms with E-state index in [4.69, 9.17) is 25.8 Å². The molecule has 0 radical (unpaired) electrons. The molecular formula is C32H29ClF4N4O5. The summed E-state index contributed by atoms with van der Waals surface area (Å²) in [6.45, 7) is 2.14. The van der Waals surface area contributed by atoms with E-state index in [0.29, 0.717) is 29.2 Å². The minimum atomic E-state index is -4.68. The van der Waals surface area contributed by atoms with Crippen LogP contribution in [0.25, 0.3) is 10.9 Å². The Morgan fingerprint density at radius 1 is 1.00 bits per heavy atom. The third kappa shape index (κ3) is 8.15. The molecule has 1 saturated heterocycles. The Balaban J connectivity index is 1.23. The number of nitrogens with one attached hydrogen (secondary N) is 3. The highest BCUT2D eigenvalue weighted by molar-refractivity contribution is 6.39. The van der Waals surface area contributed by atoms with Crippen molar-refractivity contribution in [3.63, 3.8) is 0 Å². The maximum absolute atomic E-state index is 15.1. The third-order valence-electron chi connectivity index (χ3n) is 7.28. The smallest absolute Gasteiger partial charge is 0.417 e. The molecule has 2 heterocycles. The molecule has 1 aromatic heterocycles. The summed E-state index contributed by atoms with van der Waals surface area (Å²) in [6.07, 6.45) is -2.61. The molecule has 0 saturated carbocycles. The van der Waals surface area contributed by atoms with Crippen LogP contribution in [0.2, 0.25) is 5.02 Å². The topological polar surface area (TPSA) is 111 Å². The van der Waals surface area contributed by atoms with E-state index in [1.807, 2.05) is 0 Å². The van der Waals surface area contributed by atoms with E-state index >= 15 is 4.39 Å². The fourth-order valence-corrected chi connectivity index (χ4v) is 5.05. The Hall–Kier alpha value is -4.62. The Bertz CT molecular complexity index is 1750. The molecule has 1 aliphatic rings. The normalized spacial score (nSPS) is 13.7. The second-order valence-electron chi connectivity index (χ2n) is 10.5. The molecule has 1 fully saturated rings. The Kier molecular flexibility index (Phi) is 10.1. The molecule has 242 valence electrons. The summed E-state index contributed by atoms with van der Waals surface area (Å²) < 4.78 is 71.6. The molecule has 0 spiro atoms. The van der Waals surface area contributed by atoms with Crippen molar-refractivity contribution in [2.45, 2.75) is 25.6 Å². The maximum atomic E-state index is 15.1. The molecule has 0 bridgehead atoms. The predicted molar refractivity (Wildman–Crippen MR) is 163 cm³/mol. The zero-order valence-electron chi connectivity index (χ0n) is 24.5. The number of anilines is 1.